The Morgan fingerprint density at radius 3 is 2.40 bits per heavy atom. The van der Waals surface area contributed by atoms with Crippen LogP contribution in [0.15, 0.2) is 24.3 Å². The molecule has 20 heavy (non-hydrogen) atoms. The quantitative estimate of drug-likeness (QED) is 0.634. The molecular formula is C18H30ClN. The highest BCUT2D eigenvalue weighted by Crippen LogP contribution is 2.30. The van der Waals surface area contributed by atoms with E-state index in [1.165, 1.54) is 24.8 Å². The molecule has 1 aromatic rings. The number of nitrogens with one attached hydrogen (secondary N) is 1. The normalized spacial score (nSPS) is 14.5. The molecule has 0 amide bonds. The zero-order chi connectivity index (χ0) is 15.0. The van der Waals surface area contributed by atoms with Crippen molar-refractivity contribution in [2.24, 2.45) is 11.8 Å². The Balaban J connectivity index is 2.70. The number of benzene rings is 1. The predicted octanol–water partition coefficient (Wildman–Crippen LogP) is 5.50. The first-order valence-corrected chi connectivity index (χ1v) is 8.37. The van der Waals surface area contributed by atoms with Gasteiger partial charge in [-0.25, -0.2) is 0 Å². The average molecular weight is 296 g/mol. The first kappa shape index (κ1) is 17.5. The molecule has 2 unspecified atom stereocenters. The van der Waals surface area contributed by atoms with E-state index in [0.717, 1.165) is 24.0 Å². The predicted molar refractivity (Wildman–Crippen MR) is 90.6 cm³/mol. The molecule has 1 nitrogen and oxygen atoms in total. The topological polar surface area (TPSA) is 12.0 Å². The number of rotatable bonds is 9. The molecule has 1 N–H and O–H groups in total. The molecule has 114 valence electrons. The van der Waals surface area contributed by atoms with Gasteiger partial charge in [0.15, 0.2) is 0 Å². The van der Waals surface area contributed by atoms with E-state index in [4.69, 9.17) is 11.6 Å². The maximum absolute atomic E-state index is 6.39. The van der Waals surface area contributed by atoms with Crippen LogP contribution < -0.4 is 5.32 Å². The summed E-state index contributed by atoms with van der Waals surface area (Å²) in [7, 11) is 0. The van der Waals surface area contributed by atoms with Crippen LogP contribution in [-0.2, 0) is 0 Å². The lowest BCUT2D eigenvalue weighted by Gasteiger charge is -2.23. The van der Waals surface area contributed by atoms with Crippen molar-refractivity contribution in [3.63, 3.8) is 0 Å². The van der Waals surface area contributed by atoms with Crippen molar-refractivity contribution in [2.45, 2.75) is 52.9 Å². The molecule has 0 bridgehead atoms. The second kappa shape index (κ2) is 9.41. The van der Waals surface area contributed by atoms with E-state index in [1.54, 1.807) is 0 Å². The molecule has 0 fully saturated rings. The van der Waals surface area contributed by atoms with Crippen LogP contribution in [0.3, 0.4) is 0 Å². The van der Waals surface area contributed by atoms with Crippen LogP contribution in [-0.4, -0.2) is 13.1 Å². The van der Waals surface area contributed by atoms with Crippen LogP contribution in [0.2, 0.25) is 5.02 Å². The van der Waals surface area contributed by atoms with Crippen LogP contribution in [0.5, 0.6) is 0 Å². The van der Waals surface area contributed by atoms with Gasteiger partial charge in [0.05, 0.1) is 0 Å². The fraction of sp³-hybridized carbons (Fsp3) is 0.667. The number of halogens is 1. The van der Waals surface area contributed by atoms with Crippen LogP contribution in [0, 0.1) is 11.8 Å². The fourth-order valence-electron chi connectivity index (χ4n) is 2.77. The van der Waals surface area contributed by atoms with Crippen molar-refractivity contribution in [1.29, 1.82) is 0 Å². The maximum Gasteiger partial charge on any atom is 0.0441 e. The van der Waals surface area contributed by atoms with E-state index in [9.17, 15) is 0 Å². The van der Waals surface area contributed by atoms with E-state index < -0.39 is 0 Å². The van der Waals surface area contributed by atoms with Gasteiger partial charge in [0.2, 0.25) is 0 Å². The van der Waals surface area contributed by atoms with Crippen molar-refractivity contribution >= 4 is 11.6 Å². The first-order valence-electron chi connectivity index (χ1n) is 7.99. The second-order valence-corrected chi connectivity index (χ2v) is 6.81. The summed E-state index contributed by atoms with van der Waals surface area (Å²) in [6.07, 6.45) is 3.77. The Morgan fingerprint density at radius 2 is 1.80 bits per heavy atom. The highest BCUT2D eigenvalue weighted by atomic mass is 35.5. The molecule has 0 radical (unpaired) electrons. The van der Waals surface area contributed by atoms with E-state index in [-0.39, 0.29) is 0 Å². The monoisotopic (exact) mass is 295 g/mol. The minimum Gasteiger partial charge on any atom is -0.316 e. The second-order valence-electron chi connectivity index (χ2n) is 6.40. The summed E-state index contributed by atoms with van der Waals surface area (Å²) < 4.78 is 0. The smallest absolute Gasteiger partial charge is 0.0441 e. The van der Waals surface area contributed by atoms with E-state index in [1.807, 2.05) is 12.1 Å². The van der Waals surface area contributed by atoms with E-state index in [0.29, 0.717) is 11.8 Å². The summed E-state index contributed by atoms with van der Waals surface area (Å²) in [6.45, 7) is 11.2. The summed E-state index contributed by atoms with van der Waals surface area (Å²) in [4.78, 5) is 0. The van der Waals surface area contributed by atoms with Crippen molar-refractivity contribution in [2.75, 3.05) is 13.1 Å². The average Bonchev–Trinajstić information content (AvgIpc) is 2.38. The van der Waals surface area contributed by atoms with Gasteiger partial charge in [-0.1, -0.05) is 70.3 Å². The molecule has 0 aliphatic heterocycles. The van der Waals surface area contributed by atoms with Crippen LogP contribution in [0.1, 0.15) is 58.4 Å². The summed E-state index contributed by atoms with van der Waals surface area (Å²) in [5, 5.41) is 4.51. The Labute approximate surface area is 130 Å². The number of hydrogen-bond acceptors (Lipinski definition) is 1. The van der Waals surface area contributed by atoms with Gasteiger partial charge in [0, 0.05) is 11.6 Å². The molecule has 1 aromatic carbocycles. The van der Waals surface area contributed by atoms with Gasteiger partial charge in [0.1, 0.15) is 0 Å². The molecule has 0 aliphatic rings. The summed E-state index contributed by atoms with van der Waals surface area (Å²) in [5.74, 6) is 1.96. The van der Waals surface area contributed by atoms with Gasteiger partial charge < -0.3 is 5.32 Å². The van der Waals surface area contributed by atoms with Gasteiger partial charge in [-0.05, 0) is 42.3 Å². The van der Waals surface area contributed by atoms with Crippen LogP contribution in [0.25, 0.3) is 0 Å². The van der Waals surface area contributed by atoms with Gasteiger partial charge in [-0.2, -0.15) is 0 Å². The van der Waals surface area contributed by atoms with Gasteiger partial charge in [0.25, 0.3) is 0 Å². The molecule has 0 saturated heterocycles. The Bertz CT molecular complexity index is 375. The highest BCUT2D eigenvalue weighted by molar-refractivity contribution is 6.31. The van der Waals surface area contributed by atoms with E-state index >= 15 is 0 Å². The van der Waals surface area contributed by atoms with Crippen molar-refractivity contribution in [3.05, 3.63) is 34.9 Å². The summed E-state index contributed by atoms with van der Waals surface area (Å²) in [6, 6.07) is 8.31. The van der Waals surface area contributed by atoms with Crippen molar-refractivity contribution in [3.8, 4) is 0 Å². The van der Waals surface area contributed by atoms with Crippen molar-refractivity contribution < 1.29 is 0 Å². The van der Waals surface area contributed by atoms with Gasteiger partial charge >= 0.3 is 0 Å². The zero-order valence-corrected chi connectivity index (χ0v) is 14.2. The van der Waals surface area contributed by atoms with Gasteiger partial charge in [-0.15, -0.1) is 0 Å². The first-order chi connectivity index (χ1) is 9.54. The lowest BCUT2D eigenvalue weighted by Crippen LogP contribution is -2.26. The molecule has 2 atom stereocenters. The third kappa shape index (κ3) is 6.28. The van der Waals surface area contributed by atoms with Crippen molar-refractivity contribution in [1.82, 2.24) is 5.32 Å². The zero-order valence-electron chi connectivity index (χ0n) is 13.5. The molecule has 0 aromatic heterocycles. The largest absolute Gasteiger partial charge is 0.316 e. The maximum atomic E-state index is 6.39. The third-order valence-electron chi connectivity index (χ3n) is 3.76. The lowest BCUT2D eigenvalue weighted by molar-refractivity contribution is 0.412. The fourth-order valence-corrected chi connectivity index (χ4v) is 3.06. The SMILES string of the molecule is CCCC(C)CC(CNCC(C)C)c1ccccc1Cl. The van der Waals surface area contributed by atoms with Gasteiger partial charge in [-0.3, -0.25) is 0 Å². The van der Waals surface area contributed by atoms with Crippen LogP contribution >= 0.6 is 11.6 Å². The Hall–Kier alpha value is -0.530. The summed E-state index contributed by atoms with van der Waals surface area (Å²) in [5.41, 5.74) is 1.30. The minimum absolute atomic E-state index is 0.518. The standard InChI is InChI=1S/C18H30ClN/c1-5-8-15(4)11-16(13-20-12-14(2)3)17-9-6-7-10-18(17)19/h6-7,9-10,14-16,20H,5,8,11-13H2,1-4H3. The molecule has 0 aliphatic carbocycles. The lowest BCUT2D eigenvalue weighted by atomic mass is 9.87. The van der Waals surface area contributed by atoms with E-state index in [2.05, 4.69) is 45.1 Å². The number of hydrogen-bond donors (Lipinski definition) is 1. The van der Waals surface area contributed by atoms with Crippen LogP contribution in [0.4, 0.5) is 0 Å². The molecular weight excluding hydrogens is 266 g/mol. The molecule has 1 rings (SSSR count). The molecule has 0 saturated carbocycles. The molecule has 2 heteroatoms. The Kier molecular flexibility index (Phi) is 8.25. The molecule has 0 heterocycles. The molecule has 0 spiro atoms. The highest BCUT2D eigenvalue weighted by Gasteiger charge is 2.17. The Morgan fingerprint density at radius 1 is 1.10 bits per heavy atom. The minimum atomic E-state index is 0.518. The third-order valence-corrected chi connectivity index (χ3v) is 4.10. The summed E-state index contributed by atoms with van der Waals surface area (Å²) >= 11 is 6.39.